The summed E-state index contributed by atoms with van der Waals surface area (Å²) < 4.78 is 13.8. The van der Waals surface area contributed by atoms with Gasteiger partial charge in [-0.2, -0.15) is 0 Å². The number of rotatable bonds is 2. The van der Waals surface area contributed by atoms with Gasteiger partial charge in [-0.3, -0.25) is 0 Å². The van der Waals surface area contributed by atoms with Crippen molar-refractivity contribution >= 4 is 0 Å². The number of halogens is 1. The third kappa shape index (κ3) is 1.50. The Balaban J connectivity index is 1.64. The molecule has 1 N–H and O–H groups in total. The molecule has 3 atom stereocenters. The predicted octanol–water partition coefficient (Wildman–Crippen LogP) is 2.27. The van der Waals surface area contributed by atoms with Gasteiger partial charge in [0.2, 0.25) is 0 Å². The van der Waals surface area contributed by atoms with Crippen molar-refractivity contribution in [1.29, 1.82) is 0 Å². The Labute approximate surface area is 79.1 Å². The summed E-state index contributed by atoms with van der Waals surface area (Å²) >= 11 is 0. The minimum atomic E-state index is -0.467. The summed E-state index contributed by atoms with van der Waals surface area (Å²) in [5.41, 5.74) is 0. The van der Waals surface area contributed by atoms with Crippen LogP contribution in [-0.4, -0.2) is 18.3 Å². The molecule has 74 valence electrons. The van der Waals surface area contributed by atoms with Crippen molar-refractivity contribution in [2.75, 3.05) is 0 Å². The molecule has 1 aliphatic carbocycles. The Kier molecular flexibility index (Phi) is 1.86. The van der Waals surface area contributed by atoms with E-state index in [1.165, 1.54) is 12.8 Å². The van der Waals surface area contributed by atoms with Crippen LogP contribution in [0.1, 0.15) is 38.5 Å². The van der Waals surface area contributed by atoms with E-state index >= 15 is 0 Å². The lowest BCUT2D eigenvalue weighted by Gasteiger charge is -2.31. The molecule has 3 fully saturated rings. The molecular formula is C11H18FN. The smallest absolute Gasteiger partial charge is 0.106 e. The van der Waals surface area contributed by atoms with Gasteiger partial charge in [0.25, 0.3) is 0 Å². The predicted molar refractivity (Wildman–Crippen MR) is 50.3 cm³/mol. The maximum atomic E-state index is 13.8. The Morgan fingerprint density at radius 1 is 0.923 bits per heavy atom. The van der Waals surface area contributed by atoms with Crippen LogP contribution in [0.25, 0.3) is 0 Å². The van der Waals surface area contributed by atoms with E-state index in [1.54, 1.807) is 0 Å². The molecule has 0 aromatic carbocycles. The topological polar surface area (TPSA) is 12.0 Å². The Morgan fingerprint density at radius 3 is 2.08 bits per heavy atom. The molecule has 3 unspecified atom stereocenters. The van der Waals surface area contributed by atoms with Crippen LogP contribution < -0.4 is 5.32 Å². The molecule has 2 saturated heterocycles. The summed E-state index contributed by atoms with van der Waals surface area (Å²) in [5, 5.41) is 3.57. The van der Waals surface area contributed by atoms with Gasteiger partial charge in [0.15, 0.2) is 0 Å². The van der Waals surface area contributed by atoms with Gasteiger partial charge < -0.3 is 5.32 Å². The first kappa shape index (κ1) is 8.22. The second-order valence-electron chi connectivity index (χ2n) is 5.15. The number of nitrogens with one attached hydrogen (secondary N) is 1. The minimum absolute atomic E-state index is 0.395. The zero-order valence-corrected chi connectivity index (χ0v) is 8.01. The Hall–Kier alpha value is -0.110. The van der Waals surface area contributed by atoms with E-state index in [0.717, 1.165) is 25.7 Å². The van der Waals surface area contributed by atoms with Crippen molar-refractivity contribution in [2.24, 2.45) is 11.8 Å². The van der Waals surface area contributed by atoms with Gasteiger partial charge >= 0.3 is 0 Å². The van der Waals surface area contributed by atoms with Crippen molar-refractivity contribution in [3.8, 4) is 0 Å². The van der Waals surface area contributed by atoms with E-state index in [4.69, 9.17) is 0 Å². The number of alkyl halides is 1. The Bertz CT molecular complexity index is 190. The summed E-state index contributed by atoms with van der Waals surface area (Å²) in [5.74, 6) is 0.841. The van der Waals surface area contributed by atoms with Crippen LogP contribution in [0, 0.1) is 11.8 Å². The lowest BCUT2D eigenvalue weighted by atomic mass is 9.86. The standard InChI is InChI=1S/C11H18FN/c12-11(7-1-2-7)8-5-9-3-4-10(6-8)13-9/h7-11,13H,1-6H2. The zero-order valence-electron chi connectivity index (χ0n) is 8.01. The molecule has 2 heterocycles. The number of piperidine rings is 1. The Morgan fingerprint density at radius 2 is 1.54 bits per heavy atom. The maximum absolute atomic E-state index is 13.8. The fourth-order valence-corrected chi connectivity index (χ4v) is 3.16. The summed E-state index contributed by atoms with van der Waals surface area (Å²) in [6.07, 6.45) is 6.63. The van der Waals surface area contributed by atoms with E-state index in [2.05, 4.69) is 5.32 Å². The lowest BCUT2D eigenvalue weighted by molar-refractivity contribution is 0.143. The monoisotopic (exact) mass is 183 g/mol. The van der Waals surface area contributed by atoms with Gasteiger partial charge in [0.05, 0.1) is 0 Å². The molecule has 0 spiro atoms. The van der Waals surface area contributed by atoms with E-state index in [-0.39, 0.29) is 0 Å². The highest BCUT2D eigenvalue weighted by Gasteiger charge is 2.42. The molecule has 0 aromatic heterocycles. The average molecular weight is 183 g/mol. The van der Waals surface area contributed by atoms with Crippen LogP contribution >= 0.6 is 0 Å². The fraction of sp³-hybridized carbons (Fsp3) is 1.00. The molecule has 1 saturated carbocycles. The summed E-state index contributed by atoms with van der Waals surface area (Å²) in [4.78, 5) is 0. The number of hydrogen-bond donors (Lipinski definition) is 1. The molecule has 13 heavy (non-hydrogen) atoms. The highest BCUT2D eigenvalue weighted by Crippen LogP contribution is 2.43. The maximum Gasteiger partial charge on any atom is 0.106 e. The van der Waals surface area contributed by atoms with Crippen molar-refractivity contribution in [3.05, 3.63) is 0 Å². The first-order valence-corrected chi connectivity index (χ1v) is 5.73. The van der Waals surface area contributed by atoms with Crippen molar-refractivity contribution in [2.45, 2.75) is 56.8 Å². The van der Waals surface area contributed by atoms with Crippen LogP contribution in [-0.2, 0) is 0 Å². The number of fused-ring (bicyclic) bond motifs is 2. The molecule has 2 aliphatic heterocycles. The van der Waals surface area contributed by atoms with Gasteiger partial charge in [0, 0.05) is 12.1 Å². The summed E-state index contributed by atoms with van der Waals surface area (Å²) in [6.45, 7) is 0. The van der Waals surface area contributed by atoms with Crippen LogP contribution in [0.4, 0.5) is 4.39 Å². The minimum Gasteiger partial charge on any atom is -0.311 e. The summed E-state index contributed by atoms with van der Waals surface area (Å²) in [6, 6.07) is 1.31. The third-order valence-corrected chi connectivity index (χ3v) is 4.03. The van der Waals surface area contributed by atoms with E-state index in [9.17, 15) is 4.39 Å². The molecule has 0 aromatic rings. The molecular weight excluding hydrogens is 165 g/mol. The van der Waals surface area contributed by atoms with Crippen LogP contribution in [0.3, 0.4) is 0 Å². The highest BCUT2D eigenvalue weighted by molar-refractivity contribution is 4.97. The van der Waals surface area contributed by atoms with Gasteiger partial charge in [-0.25, -0.2) is 4.39 Å². The van der Waals surface area contributed by atoms with Crippen molar-refractivity contribution in [3.63, 3.8) is 0 Å². The normalized spacial score (nSPS) is 46.4. The first-order chi connectivity index (χ1) is 6.33. The lowest BCUT2D eigenvalue weighted by Crippen LogP contribution is -2.41. The fourth-order valence-electron chi connectivity index (χ4n) is 3.16. The van der Waals surface area contributed by atoms with Gasteiger partial charge in [-0.1, -0.05) is 0 Å². The second kappa shape index (κ2) is 2.94. The largest absolute Gasteiger partial charge is 0.311 e. The molecule has 0 radical (unpaired) electrons. The molecule has 3 rings (SSSR count). The quantitative estimate of drug-likeness (QED) is 0.692. The molecule has 2 heteroatoms. The number of hydrogen-bond acceptors (Lipinski definition) is 1. The third-order valence-electron chi connectivity index (χ3n) is 4.03. The van der Waals surface area contributed by atoms with E-state index < -0.39 is 6.17 Å². The second-order valence-corrected chi connectivity index (χ2v) is 5.15. The van der Waals surface area contributed by atoms with Crippen molar-refractivity contribution in [1.82, 2.24) is 5.32 Å². The SMILES string of the molecule is FC(C1CC1)C1CC2CCC(C1)N2. The van der Waals surface area contributed by atoms with E-state index in [1.807, 2.05) is 0 Å². The highest BCUT2D eigenvalue weighted by atomic mass is 19.1. The average Bonchev–Trinajstić information content (AvgIpc) is 2.92. The molecule has 3 aliphatic rings. The summed E-state index contributed by atoms with van der Waals surface area (Å²) in [7, 11) is 0. The van der Waals surface area contributed by atoms with E-state index in [0.29, 0.717) is 23.9 Å². The van der Waals surface area contributed by atoms with Crippen LogP contribution in [0.15, 0.2) is 0 Å². The first-order valence-electron chi connectivity index (χ1n) is 5.73. The molecule has 1 nitrogen and oxygen atoms in total. The van der Waals surface area contributed by atoms with Gasteiger partial charge in [-0.15, -0.1) is 0 Å². The molecule has 0 amide bonds. The van der Waals surface area contributed by atoms with Crippen molar-refractivity contribution < 1.29 is 4.39 Å². The molecule has 2 bridgehead atoms. The zero-order chi connectivity index (χ0) is 8.84. The van der Waals surface area contributed by atoms with Crippen LogP contribution in [0.2, 0.25) is 0 Å². The van der Waals surface area contributed by atoms with Gasteiger partial charge in [-0.05, 0) is 50.4 Å². The van der Waals surface area contributed by atoms with Gasteiger partial charge in [0.1, 0.15) is 6.17 Å². The van der Waals surface area contributed by atoms with Crippen LogP contribution in [0.5, 0.6) is 0 Å².